The lowest BCUT2D eigenvalue weighted by atomic mass is 10.0. The minimum absolute atomic E-state index is 0.224. The molecule has 0 radical (unpaired) electrons. The molecule has 0 aliphatic heterocycles. The van der Waals surface area contributed by atoms with Crippen LogP contribution >= 0.6 is 11.6 Å². The highest BCUT2D eigenvalue weighted by Gasteiger charge is 2.21. The summed E-state index contributed by atoms with van der Waals surface area (Å²) in [5, 5.41) is 8.84. The molecule has 2 aromatic heterocycles. The number of hydrogen-bond donors (Lipinski definition) is 1. The van der Waals surface area contributed by atoms with Crippen LogP contribution in [-0.2, 0) is 11.3 Å². The first kappa shape index (κ1) is 23.4. The average molecular weight is 499 g/mol. The molecule has 36 heavy (non-hydrogen) atoms. The van der Waals surface area contributed by atoms with Crippen LogP contribution in [0.3, 0.4) is 0 Å². The SMILES string of the molecule is COc1ccc(Cl)cc1NC(=O)Cn1c(=O)cc(-c2ccccc2)c2c(C)nn(-c3ccccc3)c21. The Morgan fingerprint density at radius 2 is 1.69 bits per heavy atom. The molecule has 1 N–H and O–H groups in total. The third-order valence-corrected chi connectivity index (χ3v) is 6.15. The van der Waals surface area contributed by atoms with Crippen LogP contribution in [0.1, 0.15) is 5.69 Å². The van der Waals surface area contributed by atoms with E-state index < -0.39 is 5.91 Å². The maximum Gasteiger partial charge on any atom is 0.253 e. The van der Waals surface area contributed by atoms with Gasteiger partial charge in [0.2, 0.25) is 5.91 Å². The Morgan fingerprint density at radius 1 is 1.00 bits per heavy atom. The largest absolute Gasteiger partial charge is 0.495 e. The Labute approximate surface area is 212 Å². The number of nitrogens with one attached hydrogen (secondary N) is 1. The zero-order valence-electron chi connectivity index (χ0n) is 19.7. The van der Waals surface area contributed by atoms with Gasteiger partial charge in [-0.25, -0.2) is 4.68 Å². The number of methoxy groups -OCH3 is 1. The maximum absolute atomic E-state index is 13.5. The number of carbonyl (C=O) groups is 1. The Bertz CT molecular complexity index is 1630. The monoisotopic (exact) mass is 498 g/mol. The predicted molar refractivity (Wildman–Crippen MR) is 142 cm³/mol. The second kappa shape index (κ2) is 9.71. The molecule has 0 fully saturated rings. The minimum Gasteiger partial charge on any atom is -0.495 e. The van der Waals surface area contributed by atoms with Crippen LogP contribution in [0.4, 0.5) is 5.69 Å². The number of nitrogens with zero attached hydrogens (tertiary/aromatic N) is 3. The van der Waals surface area contributed by atoms with Crippen LogP contribution < -0.4 is 15.6 Å². The number of hydrogen-bond acceptors (Lipinski definition) is 4. The number of halogens is 1. The predicted octanol–water partition coefficient (Wildman–Crippen LogP) is 5.46. The molecule has 0 aliphatic rings. The Balaban J connectivity index is 1.67. The van der Waals surface area contributed by atoms with Crippen LogP contribution in [0.25, 0.3) is 27.8 Å². The van der Waals surface area contributed by atoms with Crippen molar-refractivity contribution in [3.05, 3.63) is 106 Å². The fourth-order valence-electron chi connectivity index (χ4n) is 4.32. The van der Waals surface area contributed by atoms with E-state index in [1.165, 1.54) is 11.7 Å². The van der Waals surface area contributed by atoms with E-state index in [1.54, 1.807) is 28.9 Å². The normalized spacial score (nSPS) is 11.0. The van der Waals surface area contributed by atoms with E-state index in [1.807, 2.05) is 67.6 Å². The van der Waals surface area contributed by atoms with Crippen molar-refractivity contribution in [1.82, 2.24) is 14.3 Å². The van der Waals surface area contributed by atoms with Gasteiger partial charge in [0, 0.05) is 16.5 Å². The van der Waals surface area contributed by atoms with Crippen LogP contribution in [0.2, 0.25) is 5.02 Å². The van der Waals surface area contributed by atoms with Gasteiger partial charge in [-0.05, 0) is 48.4 Å². The van der Waals surface area contributed by atoms with Crippen molar-refractivity contribution in [2.45, 2.75) is 13.5 Å². The zero-order chi connectivity index (χ0) is 25.2. The lowest BCUT2D eigenvalue weighted by molar-refractivity contribution is -0.116. The van der Waals surface area contributed by atoms with Crippen molar-refractivity contribution in [1.29, 1.82) is 0 Å². The van der Waals surface area contributed by atoms with Crippen LogP contribution in [0.15, 0.2) is 89.7 Å². The summed E-state index contributed by atoms with van der Waals surface area (Å²) in [6, 6.07) is 25.7. The molecule has 8 heteroatoms. The van der Waals surface area contributed by atoms with E-state index in [2.05, 4.69) is 5.32 Å². The van der Waals surface area contributed by atoms with Crippen LogP contribution in [0, 0.1) is 6.92 Å². The van der Waals surface area contributed by atoms with E-state index in [4.69, 9.17) is 21.4 Å². The molecule has 0 atom stereocenters. The molecule has 0 saturated heterocycles. The molecule has 0 bridgehead atoms. The van der Waals surface area contributed by atoms with Crippen LogP contribution in [-0.4, -0.2) is 27.4 Å². The second-order valence-electron chi connectivity index (χ2n) is 8.27. The average Bonchev–Trinajstić information content (AvgIpc) is 3.24. The number of rotatable bonds is 6. The van der Waals surface area contributed by atoms with Gasteiger partial charge in [-0.2, -0.15) is 5.10 Å². The van der Waals surface area contributed by atoms with E-state index in [0.717, 1.165) is 27.9 Å². The lowest BCUT2D eigenvalue weighted by Gasteiger charge is -2.15. The van der Waals surface area contributed by atoms with Crippen molar-refractivity contribution in [3.63, 3.8) is 0 Å². The molecule has 180 valence electrons. The fraction of sp³-hybridized carbons (Fsp3) is 0.107. The molecule has 0 saturated carbocycles. The van der Waals surface area contributed by atoms with Gasteiger partial charge in [-0.15, -0.1) is 0 Å². The van der Waals surface area contributed by atoms with Gasteiger partial charge in [0.15, 0.2) is 0 Å². The number of carbonyl (C=O) groups excluding carboxylic acids is 1. The number of ether oxygens (including phenoxy) is 1. The van der Waals surface area contributed by atoms with Crippen molar-refractivity contribution < 1.29 is 9.53 Å². The number of para-hydroxylation sites is 1. The quantitative estimate of drug-likeness (QED) is 0.337. The van der Waals surface area contributed by atoms with Crippen LogP contribution in [0.5, 0.6) is 5.75 Å². The van der Waals surface area contributed by atoms with Gasteiger partial charge < -0.3 is 10.1 Å². The summed E-state index contributed by atoms with van der Waals surface area (Å²) in [6.45, 7) is 1.68. The molecule has 3 aromatic carbocycles. The maximum atomic E-state index is 13.5. The first-order valence-corrected chi connectivity index (χ1v) is 11.7. The fourth-order valence-corrected chi connectivity index (χ4v) is 4.49. The smallest absolute Gasteiger partial charge is 0.253 e. The van der Waals surface area contributed by atoms with Gasteiger partial charge in [0.25, 0.3) is 5.56 Å². The Kier molecular flexibility index (Phi) is 6.31. The molecule has 0 unspecified atom stereocenters. The summed E-state index contributed by atoms with van der Waals surface area (Å²) in [5.41, 5.74) is 3.85. The molecule has 5 rings (SSSR count). The summed E-state index contributed by atoms with van der Waals surface area (Å²) >= 11 is 6.11. The van der Waals surface area contributed by atoms with Gasteiger partial charge in [0.1, 0.15) is 17.9 Å². The van der Waals surface area contributed by atoms with Crippen molar-refractivity contribution in [2.75, 3.05) is 12.4 Å². The molecule has 0 aliphatic carbocycles. The molecule has 7 nitrogen and oxygen atoms in total. The number of pyridine rings is 1. The van der Waals surface area contributed by atoms with Gasteiger partial charge in [-0.1, -0.05) is 60.1 Å². The first-order valence-electron chi connectivity index (χ1n) is 11.3. The van der Waals surface area contributed by atoms with E-state index in [9.17, 15) is 9.59 Å². The molecular weight excluding hydrogens is 476 g/mol. The number of fused-ring (bicyclic) bond motifs is 1. The minimum atomic E-state index is -0.398. The summed E-state index contributed by atoms with van der Waals surface area (Å²) in [7, 11) is 1.51. The highest BCUT2D eigenvalue weighted by molar-refractivity contribution is 6.31. The number of aromatic nitrogens is 3. The van der Waals surface area contributed by atoms with Gasteiger partial charge in [-0.3, -0.25) is 14.2 Å². The third-order valence-electron chi connectivity index (χ3n) is 5.92. The van der Waals surface area contributed by atoms with Gasteiger partial charge in [0.05, 0.1) is 24.2 Å². The third kappa shape index (κ3) is 4.36. The molecular formula is C28H23ClN4O3. The topological polar surface area (TPSA) is 78.2 Å². The summed E-state index contributed by atoms with van der Waals surface area (Å²) in [6.07, 6.45) is 0. The van der Waals surface area contributed by atoms with Crippen molar-refractivity contribution in [2.24, 2.45) is 0 Å². The van der Waals surface area contributed by atoms with E-state index in [-0.39, 0.29) is 12.1 Å². The zero-order valence-corrected chi connectivity index (χ0v) is 20.5. The highest BCUT2D eigenvalue weighted by atomic mass is 35.5. The highest BCUT2D eigenvalue weighted by Crippen LogP contribution is 2.32. The Hall–Kier alpha value is -4.36. The van der Waals surface area contributed by atoms with Crippen molar-refractivity contribution in [3.8, 4) is 22.6 Å². The summed E-state index contributed by atoms with van der Waals surface area (Å²) in [4.78, 5) is 26.6. The number of benzene rings is 3. The molecule has 1 amide bonds. The Morgan fingerprint density at radius 3 is 2.39 bits per heavy atom. The van der Waals surface area contributed by atoms with Gasteiger partial charge >= 0.3 is 0 Å². The molecule has 0 spiro atoms. The number of anilines is 1. The number of amides is 1. The molecule has 5 aromatic rings. The van der Waals surface area contributed by atoms with Crippen molar-refractivity contribution >= 4 is 34.2 Å². The molecule has 2 heterocycles. The summed E-state index contributed by atoms with van der Waals surface area (Å²) in [5.74, 6) is 0.0692. The lowest BCUT2D eigenvalue weighted by Crippen LogP contribution is -2.29. The first-order chi connectivity index (χ1) is 17.5. The second-order valence-corrected chi connectivity index (χ2v) is 8.71. The standard InChI is InChI=1S/C28H23ClN4O3/c1-18-27-22(19-9-5-3-6-10-19)16-26(35)32(28(27)33(31-18)21-11-7-4-8-12-21)17-25(34)30-23-15-20(29)13-14-24(23)36-2/h3-16H,17H2,1-2H3,(H,30,34). The van der Waals surface area contributed by atoms with E-state index in [0.29, 0.717) is 22.1 Å². The van der Waals surface area contributed by atoms with E-state index >= 15 is 0 Å². The number of aryl methyl sites for hydroxylation is 1. The summed E-state index contributed by atoms with van der Waals surface area (Å²) < 4.78 is 8.49.